The minimum absolute atomic E-state index is 0.336. The molecule has 1 heterocycles. The molecule has 1 aromatic carbocycles. The molecule has 4 heteroatoms. The van der Waals surface area contributed by atoms with E-state index < -0.39 is 0 Å². The van der Waals surface area contributed by atoms with Crippen molar-refractivity contribution in [3.8, 4) is 0 Å². The number of benzene rings is 1. The Kier molecular flexibility index (Phi) is 3.27. The van der Waals surface area contributed by atoms with Crippen LogP contribution < -0.4 is 5.32 Å². The molecule has 1 aliphatic carbocycles. The number of halogens is 2. The van der Waals surface area contributed by atoms with Crippen LogP contribution in [0.4, 0.5) is 5.69 Å². The lowest BCUT2D eigenvalue weighted by Crippen LogP contribution is -2.07. The Morgan fingerprint density at radius 1 is 1.28 bits per heavy atom. The van der Waals surface area contributed by atoms with Crippen LogP contribution in [0.15, 0.2) is 24.3 Å². The molecule has 18 heavy (non-hydrogen) atoms. The van der Waals surface area contributed by atoms with Gasteiger partial charge in [0.25, 0.3) is 0 Å². The molecular weight excluding hydrogens is 285 g/mol. The van der Waals surface area contributed by atoms with Crippen LogP contribution in [0.5, 0.6) is 0 Å². The van der Waals surface area contributed by atoms with Crippen LogP contribution in [0.2, 0.25) is 9.36 Å². The summed E-state index contributed by atoms with van der Waals surface area (Å²) in [5, 5.41) is 4.31. The molecule has 0 aliphatic heterocycles. The molecule has 0 radical (unpaired) electrons. The second-order valence-electron chi connectivity index (χ2n) is 4.65. The van der Waals surface area contributed by atoms with Crippen LogP contribution in [0.3, 0.4) is 0 Å². The topological polar surface area (TPSA) is 12.0 Å². The fraction of sp³-hybridized carbons (Fsp3) is 0.286. The predicted molar refractivity (Wildman–Crippen MR) is 80.2 cm³/mol. The highest BCUT2D eigenvalue weighted by Crippen LogP contribution is 2.41. The Morgan fingerprint density at radius 3 is 2.94 bits per heavy atom. The van der Waals surface area contributed by atoms with E-state index >= 15 is 0 Å². The number of thiophene rings is 1. The highest BCUT2D eigenvalue weighted by Gasteiger charge is 2.25. The van der Waals surface area contributed by atoms with Gasteiger partial charge in [-0.15, -0.1) is 11.3 Å². The molecule has 1 unspecified atom stereocenters. The zero-order chi connectivity index (χ0) is 12.7. The highest BCUT2D eigenvalue weighted by molar-refractivity contribution is 7.16. The Bertz CT molecular complexity index is 591. The molecule has 3 rings (SSSR count). The maximum atomic E-state index is 6.22. The van der Waals surface area contributed by atoms with Crippen molar-refractivity contribution >= 4 is 40.2 Å². The summed E-state index contributed by atoms with van der Waals surface area (Å²) in [7, 11) is 0. The normalized spacial score (nSPS) is 17.8. The van der Waals surface area contributed by atoms with Crippen LogP contribution in [-0.2, 0) is 6.42 Å². The molecule has 1 N–H and O–H groups in total. The summed E-state index contributed by atoms with van der Waals surface area (Å²) in [6, 6.07) is 8.47. The molecule has 0 amide bonds. The average Bonchev–Trinajstić information content (AvgIpc) is 2.84. The third-order valence-electron chi connectivity index (χ3n) is 3.30. The van der Waals surface area contributed by atoms with Gasteiger partial charge in [-0.2, -0.15) is 0 Å². The molecule has 0 saturated heterocycles. The lowest BCUT2D eigenvalue weighted by atomic mass is 10.1. The standard InChI is InChI=1S/C14H13Cl2NS/c1-8-2-3-10(15)12(6-8)17-11-4-5-13-9(11)7-14(16)18-13/h2-3,6-7,11,17H,4-5H2,1H3. The van der Waals surface area contributed by atoms with Gasteiger partial charge < -0.3 is 5.32 Å². The molecular formula is C14H13Cl2NS. The van der Waals surface area contributed by atoms with Gasteiger partial charge >= 0.3 is 0 Å². The number of aryl methyl sites for hydroxylation is 2. The minimum atomic E-state index is 0.336. The summed E-state index contributed by atoms with van der Waals surface area (Å²) in [6.07, 6.45) is 2.22. The number of nitrogens with one attached hydrogen (secondary N) is 1. The highest BCUT2D eigenvalue weighted by atomic mass is 35.5. The molecule has 1 aliphatic rings. The van der Waals surface area contributed by atoms with Gasteiger partial charge in [-0.1, -0.05) is 29.3 Å². The lowest BCUT2D eigenvalue weighted by Gasteiger charge is -2.16. The van der Waals surface area contributed by atoms with Gasteiger partial charge in [-0.3, -0.25) is 0 Å². The van der Waals surface area contributed by atoms with E-state index in [1.54, 1.807) is 11.3 Å². The van der Waals surface area contributed by atoms with Crippen molar-refractivity contribution < 1.29 is 0 Å². The summed E-state index contributed by atoms with van der Waals surface area (Å²) in [5.41, 5.74) is 3.56. The molecule has 1 aromatic heterocycles. The first kappa shape index (κ1) is 12.3. The largest absolute Gasteiger partial charge is 0.377 e. The molecule has 94 valence electrons. The summed E-state index contributed by atoms with van der Waals surface area (Å²) in [5.74, 6) is 0. The zero-order valence-electron chi connectivity index (χ0n) is 9.97. The molecule has 2 aromatic rings. The van der Waals surface area contributed by atoms with Crippen molar-refractivity contribution in [2.75, 3.05) is 5.32 Å². The summed E-state index contributed by atoms with van der Waals surface area (Å²) in [6.45, 7) is 2.07. The summed E-state index contributed by atoms with van der Waals surface area (Å²) in [4.78, 5) is 1.40. The van der Waals surface area contributed by atoms with Crippen molar-refractivity contribution in [3.63, 3.8) is 0 Å². The van der Waals surface area contributed by atoms with Crippen molar-refractivity contribution in [2.45, 2.75) is 25.8 Å². The third kappa shape index (κ3) is 2.25. The molecule has 0 saturated carbocycles. The van der Waals surface area contributed by atoms with E-state index in [1.165, 1.54) is 16.0 Å². The number of rotatable bonds is 2. The molecule has 0 fully saturated rings. The van der Waals surface area contributed by atoms with Crippen LogP contribution in [-0.4, -0.2) is 0 Å². The van der Waals surface area contributed by atoms with E-state index in [0.717, 1.165) is 27.9 Å². The van der Waals surface area contributed by atoms with E-state index in [4.69, 9.17) is 23.2 Å². The van der Waals surface area contributed by atoms with E-state index in [9.17, 15) is 0 Å². The van der Waals surface area contributed by atoms with Crippen LogP contribution in [0.1, 0.15) is 28.5 Å². The first-order valence-electron chi connectivity index (χ1n) is 5.94. The fourth-order valence-corrected chi connectivity index (χ4v) is 3.95. The van der Waals surface area contributed by atoms with Gasteiger partial charge in [0.15, 0.2) is 0 Å². The molecule has 0 bridgehead atoms. The number of fused-ring (bicyclic) bond motifs is 1. The average molecular weight is 298 g/mol. The quantitative estimate of drug-likeness (QED) is 0.776. The first-order chi connectivity index (χ1) is 8.63. The second kappa shape index (κ2) is 4.76. The van der Waals surface area contributed by atoms with Gasteiger partial charge in [0.1, 0.15) is 0 Å². The fourth-order valence-electron chi connectivity index (χ4n) is 2.42. The zero-order valence-corrected chi connectivity index (χ0v) is 12.3. The van der Waals surface area contributed by atoms with Crippen molar-refractivity contribution in [3.05, 3.63) is 49.6 Å². The van der Waals surface area contributed by atoms with Gasteiger partial charge in [-0.25, -0.2) is 0 Å². The van der Waals surface area contributed by atoms with Gasteiger partial charge in [0, 0.05) is 4.88 Å². The Hall–Kier alpha value is -0.700. The predicted octanol–water partition coefficient (Wildman–Crippen LogP) is 5.46. The van der Waals surface area contributed by atoms with E-state index in [1.807, 2.05) is 12.1 Å². The van der Waals surface area contributed by atoms with Crippen molar-refractivity contribution in [1.82, 2.24) is 0 Å². The molecule has 1 atom stereocenters. The summed E-state index contributed by atoms with van der Waals surface area (Å²) < 4.78 is 0.877. The van der Waals surface area contributed by atoms with Crippen LogP contribution >= 0.6 is 34.5 Å². The van der Waals surface area contributed by atoms with E-state index in [-0.39, 0.29) is 0 Å². The summed E-state index contributed by atoms with van der Waals surface area (Å²) >= 11 is 14.0. The van der Waals surface area contributed by atoms with Gasteiger partial charge in [0.05, 0.1) is 21.1 Å². The maximum Gasteiger partial charge on any atom is 0.0934 e. The second-order valence-corrected chi connectivity index (χ2v) is 6.82. The van der Waals surface area contributed by atoms with Gasteiger partial charge in [-0.05, 0) is 49.1 Å². The number of hydrogen-bond donors (Lipinski definition) is 1. The van der Waals surface area contributed by atoms with Gasteiger partial charge in [0.2, 0.25) is 0 Å². The molecule has 1 nitrogen and oxygen atoms in total. The lowest BCUT2D eigenvalue weighted by molar-refractivity contribution is 0.762. The maximum absolute atomic E-state index is 6.22. The Balaban J connectivity index is 1.88. The minimum Gasteiger partial charge on any atom is -0.377 e. The smallest absolute Gasteiger partial charge is 0.0934 e. The Morgan fingerprint density at radius 2 is 2.11 bits per heavy atom. The first-order valence-corrected chi connectivity index (χ1v) is 7.51. The van der Waals surface area contributed by atoms with Crippen molar-refractivity contribution in [1.29, 1.82) is 0 Å². The van der Waals surface area contributed by atoms with Crippen LogP contribution in [0, 0.1) is 6.92 Å². The van der Waals surface area contributed by atoms with Crippen LogP contribution in [0.25, 0.3) is 0 Å². The Labute approximate surface area is 121 Å². The SMILES string of the molecule is Cc1ccc(Cl)c(NC2CCc3sc(Cl)cc32)c1. The number of hydrogen-bond acceptors (Lipinski definition) is 2. The number of anilines is 1. The monoisotopic (exact) mass is 297 g/mol. The van der Waals surface area contributed by atoms with E-state index in [0.29, 0.717) is 6.04 Å². The van der Waals surface area contributed by atoms with Crippen molar-refractivity contribution in [2.24, 2.45) is 0 Å². The third-order valence-corrected chi connectivity index (χ3v) is 4.97. The molecule has 0 spiro atoms. The van der Waals surface area contributed by atoms with E-state index in [2.05, 4.69) is 24.4 Å².